The van der Waals surface area contributed by atoms with Gasteiger partial charge >= 0.3 is 12.1 Å². The number of amides is 2. The van der Waals surface area contributed by atoms with Gasteiger partial charge in [0.05, 0.1) is 6.54 Å². The molecule has 1 aliphatic rings. The van der Waals surface area contributed by atoms with Gasteiger partial charge in [-0.2, -0.15) is 0 Å². The molecule has 1 N–H and O–H groups in total. The Morgan fingerprint density at radius 2 is 2.33 bits per heavy atom. The summed E-state index contributed by atoms with van der Waals surface area (Å²) in [5, 5.41) is 8.47. The minimum absolute atomic E-state index is 0.166. The first-order valence-electron chi connectivity index (χ1n) is 4.34. The number of imide groups is 1. The lowest BCUT2D eigenvalue weighted by molar-refractivity contribution is -0.152. The highest BCUT2D eigenvalue weighted by molar-refractivity contribution is 5.93. The van der Waals surface area contributed by atoms with E-state index in [1.807, 2.05) is 0 Å². The molecule has 7 heteroatoms. The van der Waals surface area contributed by atoms with E-state index >= 15 is 0 Å². The molecule has 0 radical (unpaired) electrons. The molecule has 0 unspecified atom stereocenters. The van der Waals surface area contributed by atoms with Crippen molar-refractivity contribution in [3.63, 3.8) is 0 Å². The fourth-order valence-corrected chi connectivity index (χ4v) is 0.965. The number of carbonyl (C=O) groups excluding carboxylic acids is 2. The number of carbonyl (C=O) groups is 3. The maximum Gasteiger partial charge on any atom is 0.416 e. The summed E-state index contributed by atoms with van der Waals surface area (Å²) >= 11 is 0. The second-order valence-electron chi connectivity index (χ2n) is 2.95. The summed E-state index contributed by atoms with van der Waals surface area (Å²) < 4.78 is 9.26. The maximum atomic E-state index is 11.3. The highest BCUT2D eigenvalue weighted by Gasteiger charge is 2.28. The quantitative estimate of drug-likeness (QED) is 0.679. The number of ether oxygens (including phenoxy) is 2. The van der Waals surface area contributed by atoms with Crippen LogP contribution in [0.1, 0.15) is 6.92 Å². The van der Waals surface area contributed by atoms with Gasteiger partial charge in [-0.3, -0.25) is 4.79 Å². The van der Waals surface area contributed by atoms with Crippen LogP contribution < -0.4 is 0 Å². The Bertz CT molecular complexity index is 289. The predicted octanol–water partition coefficient (Wildman–Crippen LogP) is -0.545. The Labute approximate surface area is 85.6 Å². The standard InChI is InChI=1S/C8H11NO6/c1-5(7(11)12)15-4-6(10)9-2-3-14-8(9)13/h5H,2-4H2,1H3,(H,11,12)/t5-/m0/s1. The number of rotatable bonds is 4. The molecule has 7 nitrogen and oxygen atoms in total. The molecule has 15 heavy (non-hydrogen) atoms. The van der Waals surface area contributed by atoms with Gasteiger partial charge in [0.2, 0.25) is 0 Å². The van der Waals surface area contributed by atoms with E-state index in [2.05, 4.69) is 4.74 Å². The van der Waals surface area contributed by atoms with Crippen molar-refractivity contribution in [1.82, 2.24) is 4.90 Å². The first-order chi connectivity index (χ1) is 7.02. The Balaban J connectivity index is 2.36. The monoisotopic (exact) mass is 217 g/mol. The molecule has 1 fully saturated rings. The van der Waals surface area contributed by atoms with E-state index in [1.165, 1.54) is 6.92 Å². The van der Waals surface area contributed by atoms with Gasteiger partial charge in [-0.25, -0.2) is 14.5 Å². The van der Waals surface area contributed by atoms with Gasteiger partial charge < -0.3 is 14.6 Å². The van der Waals surface area contributed by atoms with Crippen molar-refractivity contribution >= 4 is 18.0 Å². The second-order valence-corrected chi connectivity index (χ2v) is 2.95. The summed E-state index contributed by atoms with van der Waals surface area (Å²) in [7, 11) is 0. The van der Waals surface area contributed by atoms with Crippen molar-refractivity contribution in [2.75, 3.05) is 19.8 Å². The number of carboxylic acids is 1. The van der Waals surface area contributed by atoms with Crippen molar-refractivity contribution in [1.29, 1.82) is 0 Å². The molecule has 0 bridgehead atoms. The van der Waals surface area contributed by atoms with Crippen LogP contribution in [0.15, 0.2) is 0 Å². The number of nitrogens with zero attached hydrogens (tertiary/aromatic N) is 1. The van der Waals surface area contributed by atoms with Crippen LogP contribution in [-0.2, 0) is 19.1 Å². The van der Waals surface area contributed by atoms with Gasteiger partial charge in [-0.1, -0.05) is 0 Å². The molecule has 1 saturated heterocycles. The van der Waals surface area contributed by atoms with Crippen molar-refractivity contribution in [3.05, 3.63) is 0 Å². The number of carboxylic acid groups (broad SMARTS) is 1. The van der Waals surface area contributed by atoms with Crippen LogP contribution >= 0.6 is 0 Å². The van der Waals surface area contributed by atoms with Gasteiger partial charge in [0, 0.05) is 0 Å². The van der Waals surface area contributed by atoms with Gasteiger partial charge in [-0.15, -0.1) is 0 Å². The largest absolute Gasteiger partial charge is 0.479 e. The van der Waals surface area contributed by atoms with E-state index in [0.717, 1.165) is 4.90 Å². The number of aliphatic carboxylic acids is 1. The Morgan fingerprint density at radius 1 is 1.67 bits per heavy atom. The third-order valence-electron chi connectivity index (χ3n) is 1.87. The minimum atomic E-state index is -1.16. The van der Waals surface area contributed by atoms with Crippen LogP contribution in [0.5, 0.6) is 0 Å². The minimum Gasteiger partial charge on any atom is -0.479 e. The van der Waals surface area contributed by atoms with Gasteiger partial charge in [-0.05, 0) is 6.92 Å². The molecule has 0 aromatic carbocycles. The lowest BCUT2D eigenvalue weighted by atomic mass is 10.4. The van der Waals surface area contributed by atoms with E-state index < -0.39 is 30.7 Å². The van der Waals surface area contributed by atoms with Crippen LogP contribution in [-0.4, -0.2) is 53.8 Å². The first kappa shape index (κ1) is 11.4. The molecular weight excluding hydrogens is 206 g/mol. The molecule has 84 valence electrons. The fourth-order valence-electron chi connectivity index (χ4n) is 0.965. The van der Waals surface area contributed by atoms with E-state index in [-0.39, 0.29) is 13.2 Å². The van der Waals surface area contributed by atoms with Crippen LogP contribution in [0.2, 0.25) is 0 Å². The van der Waals surface area contributed by atoms with Crippen molar-refractivity contribution in [3.8, 4) is 0 Å². The third kappa shape index (κ3) is 2.91. The average molecular weight is 217 g/mol. The van der Waals surface area contributed by atoms with E-state index in [0.29, 0.717) is 0 Å². The zero-order valence-electron chi connectivity index (χ0n) is 8.13. The molecule has 1 rings (SSSR count). The Hall–Kier alpha value is -1.63. The SMILES string of the molecule is C[C@H](OCC(=O)N1CCOC1=O)C(=O)O. The topological polar surface area (TPSA) is 93.1 Å². The van der Waals surface area contributed by atoms with E-state index in [4.69, 9.17) is 9.84 Å². The summed E-state index contributed by atoms with van der Waals surface area (Å²) in [6, 6.07) is 0. The third-order valence-corrected chi connectivity index (χ3v) is 1.87. The normalized spacial score (nSPS) is 17.4. The van der Waals surface area contributed by atoms with Crippen molar-refractivity contribution in [2.45, 2.75) is 13.0 Å². The lowest BCUT2D eigenvalue weighted by Gasteiger charge is -2.12. The first-order valence-corrected chi connectivity index (χ1v) is 4.34. The second kappa shape index (κ2) is 4.74. The molecule has 1 heterocycles. The molecule has 0 spiro atoms. The summed E-state index contributed by atoms with van der Waals surface area (Å²) in [5.41, 5.74) is 0. The van der Waals surface area contributed by atoms with Gasteiger partial charge in [0.1, 0.15) is 13.2 Å². The fraction of sp³-hybridized carbons (Fsp3) is 0.625. The number of hydrogen-bond acceptors (Lipinski definition) is 5. The molecule has 0 saturated carbocycles. The predicted molar refractivity (Wildman–Crippen MR) is 46.1 cm³/mol. The number of hydrogen-bond donors (Lipinski definition) is 1. The van der Waals surface area contributed by atoms with Crippen LogP contribution in [0.4, 0.5) is 4.79 Å². The molecule has 0 aromatic rings. The van der Waals surface area contributed by atoms with Gasteiger partial charge in [0.25, 0.3) is 5.91 Å². The Morgan fingerprint density at radius 3 is 2.80 bits per heavy atom. The molecular formula is C8H11NO6. The molecule has 1 aliphatic heterocycles. The summed E-state index contributed by atoms with van der Waals surface area (Å²) in [6.07, 6.45) is -1.79. The number of cyclic esters (lactones) is 1. The maximum absolute atomic E-state index is 11.3. The van der Waals surface area contributed by atoms with E-state index in [1.54, 1.807) is 0 Å². The van der Waals surface area contributed by atoms with E-state index in [9.17, 15) is 14.4 Å². The molecule has 0 aliphatic carbocycles. The highest BCUT2D eigenvalue weighted by atomic mass is 16.6. The molecule has 2 amide bonds. The van der Waals surface area contributed by atoms with Crippen LogP contribution in [0, 0.1) is 0 Å². The lowest BCUT2D eigenvalue weighted by Crippen LogP contribution is -2.36. The summed E-state index contributed by atoms with van der Waals surface area (Å²) in [5.74, 6) is -1.75. The van der Waals surface area contributed by atoms with Crippen LogP contribution in [0.25, 0.3) is 0 Å². The highest BCUT2D eigenvalue weighted by Crippen LogP contribution is 2.04. The smallest absolute Gasteiger partial charge is 0.416 e. The summed E-state index contributed by atoms with van der Waals surface area (Å²) in [4.78, 5) is 33.4. The summed E-state index contributed by atoms with van der Waals surface area (Å²) in [6.45, 7) is 1.21. The van der Waals surface area contributed by atoms with Crippen molar-refractivity contribution < 1.29 is 29.0 Å². The molecule has 1 atom stereocenters. The average Bonchev–Trinajstić information content (AvgIpc) is 2.60. The Kier molecular flexibility index (Phi) is 3.62. The van der Waals surface area contributed by atoms with Gasteiger partial charge in [0.15, 0.2) is 6.10 Å². The zero-order valence-corrected chi connectivity index (χ0v) is 8.13. The van der Waals surface area contributed by atoms with Crippen LogP contribution in [0.3, 0.4) is 0 Å². The molecule has 0 aromatic heterocycles. The zero-order chi connectivity index (χ0) is 11.4. The van der Waals surface area contributed by atoms with Crippen molar-refractivity contribution in [2.24, 2.45) is 0 Å².